The lowest BCUT2D eigenvalue weighted by Gasteiger charge is -2.20. The van der Waals surface area contributed by atoms with Gasteiger partial charge in [-0.1, -0.05) is 61.3 Å². The summed E-state index contributed by atoms with van der Waals surface area (Å²) < 4.78 is 18.5. The van der Waals surface area contributed by atoms with Crippen LogP contribution < -0.4 is 5.32 Å². The van der Waals surface area contributed by atoms with Gasteiger partial charge in [0.2, 0.25) is 17.6 Å². The SMILES string of the molecule is CCC(C)C(NC(=O)Cc1ccc(F)cc1)c1nc(-c2ccc(C)c(Cl)c2)no1. The molecule has 0 aliphatic rings. The molecule has 0 saturated heterocycles. The largest absolute Gasteiger partial charge is 0.344 e. The first-order valence-electron chi connectivity index (χ1n) is 9.51. The van der Waals surface area contributed by atoms with Crippen molar-refractivity contribution < 1.29 is 13.7 Å². The predicted molar refractivity (Wildman–Crippen MR) is 110 cm³/mol. The van der Waals surface area contributed by atoms with E-state index in [1.807, 2.05) is 32.9 Å². The molecular formula is C22H23ClFN3O2. The Labute approximate surface area is 174 Å². The van der Waals surface area contributed by atoms with Crippen LogP contribution in [-0.2, 0) is 11.2 Å². The molecule has 0 radical (unpaired) electrons. The molecule has 2 unspecified atom stereocenters. The minimum absolute atomic E-state index is 0.0853. The average molecular weight is 416 g/mol. The van der Waals surface area contributed by atoms with Gasteiger partial charge in [0.25, 0.3) is 0 Å². The molecule has 2 atom stereocenters. The fourth-order valence-corrected chi connectivity index (χ4v) is 3.09. The standard InChI is InChI=1S/C22H23ClFN3O2/c1-4-13(2)20(25-19(28)11-15-6-9-17(24)10-7-15)22-26-21(27-29-22)16-8-5-14(3)18(23)12-16/h5-10,12-13,20H,4,11H2,1-3H3,(H,25,28). The van der Waals surface area contributed by atoms with Gasteiger partial charge in [-0.15, -0.1) is 0 Å². The second kappa shape index (κ2) is 9.18. The molecule has 1 N–H and O–H groups in total. The molecule has 0 aliphatic heterocycles. The van der Waals surface area contributed by atoms with Crippen molar-refractivity contribution in [3.05, 3.63) is 70.3 Å². The van der Waals surface area contributed by atoms with E-state index in [4.69, 9.17) is 16.1 Å². The van der Waals surface area contributed by atoms with Crippen LogP contribution in [0.3, 0.4) is 0 Å². The summed E-state index contributed by atoms with van der Waals surface area (Å²) in [6.45, 7) is 5.96. The van der Waals surface area contributed by atoms with Crippen molar-refractivity contribution in [1.29, 1.82) is 0 Å². The van der Waals surface area contributed by atoms with E-state index in [0.29, 0.717) is 16.7 Å². The van der Waals surface area contributed by atoms with Crippen LogP contribution in [0.15, 0.2) is 47.0 Å². The molecule has 1 heterocycles. The van der Waals surface area contributed by atoms with Crippen molar-refractivity contribution in [2.45, 2.75) is 39.7 Å². The lowest BCUT2D eigenvalue weighted by Crippen LogP contribution is -2.33. The lowest BCUT2D eigenvalue weighted by atomic mass is 9.98. The van der Waals surface area contributed by atoms with Crippen LogP contribution in [0, 0.1) is 18.7 Å². The summed E-state index contributed by atoms with van der Waals surface area (Å²) in [5.74, 6) is 0.324. The van der Waals surface area contributed by atoms with Crippen molar-refractivity contribution in [2.75, 3.05) is 0 Å². The maximum absolute atomic E-state index is 13.1. The van der Waals surface area contributed by atoms with Crippen molar-refractivity contribution in [3.63, 3.8) is 0 Å². The minimum atomic E-state index is -0.421. The van der Waals surface area contributed by atoms with E-state index in [1.54, 1.807) is 18.2 Å². The Morgan fingerprint density at radius 3 is 2.62 bits per heavy atom. The van der Waals surface area contributed by atoms with E-state index in [0.717, 1.165) is 23.1 Å². The van der Waals surface area contributed by atoms with Gasteiger partial charge in [0, 0.05) is 10.6 Å². The number of halogens is 2. The van der Waals surface area contributed by atoms with Crippen molar-refractivity contribution in [2.24, 2.45) is 5.92 Å². The highest BCUT2D eigenvalue weighted by Gasteiger charge is 2.26. The highest BCUT2D eigenvalue weighted by molar-refractivity contribution is 6.31. The first-order chi connectivity index (χ1) is 13.9. The molecule has 7 heteroatoms. The number of hydrogen-bond donors (Lipinski definition) is 1. The van der Waals surface area contributed by atoms with Gasteiger partial charge in [-0.25, -0.2) is 4.39 Å². The third-order valence-electron chi connectivity index (χ3n) is 4.95. The Hall–Kier alpha value is -2.73. The third-order valence-corrected chi connectivity index (χ3v) is 5.35. The van der Waals surface area contributed by atoms with Gasteiger partial charge in [0.05, 0.1) is 6.42 Å². The summed E-state index contributed by atoms with van der Waals surface area (Å²) in [6, 6.07) is 11.0. The molecule has 5 nitrogen and oxygen atoms in total. The highest BCUT2D eigenvalue weighted by atomic mass is 35.5. The van der Waals surface area contributed by atoms with Gasteiger partial charge in [-0.3, -0.25) is 4.79 Å². The fourth-order valence-electron chi connectivity index (χ4n) is 2.91. The molecule has 0 saturated carbocycles. The third kappa shape index (κ3) is 5.21. The molecule has 0 spiro atoms. The molecule has 3 aromatic rings. The number of rotatable bonds is 7. The molecule has 152 valence electrons. The topological polar surface area (TPSA) is 68.0 Å². The number of aromatic nitrogens is 2. The van der Waals surface area contributed by atoms with Crippen LogP contribution in [0.1, 0.15) is 43.3 Å². The van der Waals surface area contributed by atoms with Crippen molar-refractivity contribution >= 4 is 17.5 Å². The van der Waals surface area contributed by atoms with Crippen LogP contribution >= 0.6 is 11.6 Å². The predicted octanol–water partition coefficient (Wildman–Crippen LogP) is 5.28. The second-order valence-corrected chi connectivity index (χ2v) is 7.56. The summed E-state index contributed by atoms with van der Waals surface area (Å²) in [5, 5.41) is 7.66. The number of benzene rings is 2. The monoisotopic (exact) mass is 415 g/mol. The Bertz CT molecular complexity index is 988. The Morgan fingerprint density at radius 1 is 1.24 bits per heavy atom. The van der Waals surface area contributed by atoms with Crippen LogP contribution in [0.4, 0.5) is 4.39 Å². The first-order valence-corrected chi connectivity index (χ1v) is 9.89. The molecule has 1 amide bonds. The molecule has 0 aliphatic carbocycles. The Morgan fingerprint density at radius 2 is 1.97 bits per heavy atom. The molecular weight excluding hydrogens is 393 g/mol. The van der Waals surface area contributed by atoms with Gasteiger partial charge in [0.15, 0.2) is 0 Å². The zero-order chi connectivity index (χ0) is 21.0. The van der Waals surface area contributed by atoms with E-state index in [2.05, 4.69) is 15.5 Å². The fraction of sp³-hybridized carbons (Fsp3) is 0.318. The number of hydrogen-bond acceptors (Lipinski definition) is 4. The molecule has 3 rings (SSSR count). The molecule has 2 aromatic carbocycles. The van der Waals surface area contributed by atoms with Crippen LogP contribution in [0.5, 0.6) is 0 Å². The number of aryl methyl sites for hydroxylation is 1. The number of nitrogens with zero attached hydrogens (tertiary/aromatic N) is 2. The van der Waals surface area contributed by atoms with Crippen LogP contribution in [-0.4, -0.2) is 16.0 Å². The van der Waals surface area contributed by atoms with Gasteiger partial charge in [0.1, 0.15) is 11.9 Å². The van der Waals surface area contributed by atoms with Gasteiger partial charge in [-0.2, -0.15) is 4.98 Å². The lowest BCUT2D eigenvalue weighted by molar-refractivity contribution is -0.121. The van der Waals surface area contributed by atoms with E-state index in [9.17, 15) is 9.18 Å². The molecule has 1 aromatic heterocycles. The summed E-state index contributed by atoms with van der Waals surface area (Å²) in [6.07, 6.45) is 0.956. The summed E-state index contributed by atoms with van der Waals surface area (Å²) >= 11 is 6.19. The number of nitrogens with one attached hydrogen (secondary N) is 1. The van der Waals surface area contributed by atoms with Crippen LogP contribution in [0.25, 0.3) is 11.4 Å². The van der Waals surface area contributed by atoms with Gasteiger partial charge >= 0.3 is 0 Å². The smallest absolute Gasteiger partial charge is 0.249 e. The number of carbonyl (C=O) groups excluding carboxylic acids is 1. The zero-order valence-corrected chi connectivity index (χ0v) is 17.3. The number of carbonyl (C=O) groups is 1. The summed E-state index contributed by atoms with van der Waals surface area (Å²) in [5.41, 5.74) is 2.44. The quantitative estimate of drug-likeness (QED) is 0.569. The highest BCUT2D eigenvalue weighted by Crippen LogP contribution is 2.27. The van der Waals surface area contributed by atoms with Gasteiger partial charge < -0.3 is 9.84 Å². The summed E-state index contributed by atoms with van der Waals surface area (Å²) in [7, 11) is 0. The minimum Gasteiger partial charge on any atom is -0.344 e. The Kier molecular flexibility index (Phi) is 6.64. The second-order valence-electron chi connectivity index (χ2n) is 7.15. The Balaban J connectivity index is 1.78. The van der Waals surface area contributed by atoms with E-state index in [-0.39, 0.29) is 24.1 Å². The maximum Gasteiger partial charge on any atom is 0.249 e. The number of amides is 1. The van der Waals surface area contributed by atoms with E-state index < -0.39 is 6.04 Å². The van der Waals surface area contributed by atoms with Crippen LogP contribution in [0.2, 0.25) is 5.02 Å². The van der Waals surface area contributed by atoms with Crippen molar-refractivity contribution in [1.82, 2.24) is 15.5 Å². The summed E-state index contributed by atoms with van der Waals surface area (Å²) in [4.78, 5) is 17.0. The molecule has 0 fully saturated rings. The zero-order valence-electron chi connectivity index (χ0n) is 16.6. The van der Waals surface area contributed by atoms with E-state index in [1.165, 1.54) is 12.1 Å². The first kappa shape index (κ1) is 21.0. The maximum atomic E-state index is 13.1. The van der Waals surface area contributed by atoms with Gasteiger partial charge in [-0.05, 0) is 42.2 Å². The van der Waals surface area contributed by atoms with E-state index >= 15 is 0 Å². The average Bonchev–Trinajstić information content (AvgIpc) is 3.19. The normalized spacial score (nSPS) is 13.1. The van der Waals surface area contributed by atoms with Crippen molar-refractivity contribution in [3.8, 4) is 11.4 Å². The molecule has 29 heavy (non-hydrogen) atoms. The molecule has 0 bridgehead atoms.